The van der Waals surface area contributed by atoms with E-state index in [1.54, 1.807) is 12.1 Å². The average molecular weight is 414 g/mol. The number of hydrogen-bond acceptors (Lipinski definition) is 4. The summed E-state index contributed by atoms with van der Waals surface area (Å²) in [5.41, 5.74) is 6.41. The maximum atomic E-state index is 5.88. The number of nitrogen functional groups attached to an aromatic ring is 1. The molecule has 2 N–H and O–H groups in total. The highest BCUT2D eigenvalue weighted by molar-refractivity contribution is 9.11. The van der Waals surface area contributed by atoms with Gasteiger partial charge in [-0.25, -0.2) is 0 Å². The van der Waals surface area contributed by atoms with Crippen molar-refractivity contribution in [3.63, 3.8) is 0 Å². The Labute approximate surface area is 139 Å². The van der Waals surface area contributed by atoms with Gasteiger partial charge in [-0.15, -0.1) is 0 Å². The SMILES string of the molecule is Nc1ccc(Oc2ccc(Br)cc2Br)nc1OCC1CC1. The van der Waals surface area contributed by atoms with Crippen LogP contribution in [0.3, 0.4) is 0 Å². The lowest BCUT2D eigenvalue weighted by Crippen LogP contribution is -2.04. The Bertz CT molecular complexity index is 660. The smallest absolute Gasteiger partial charge is 0.240 e. The van der Waals surface area contributed by atoms with Crippen LogP contribution in [0.2, 0.25) is 0 Å². The van der Waals surface area contributed by atoms with Crippen molar-refractivity contribution < 1.29 is 9.47 Å². The van der Waals surface area contributed by atoms with Crippen LogP contribution in [0.1, 0.15) is 12.8 Å². The molecule has 0 saturated heterocycles. The van der Waals surface area contributed by atoms with Crippen LogP contribution in [0.15, 0.2) is 39.3 Å². The quantitative estimate of drug-likeness (QED) is 0.766. The minimum Gasteiger partial charge on any atom is -0.476 e. The molecule has 1 aliphatic rings. The van der Waals surface area contributed by atoms with E-state index in [9.17, 15) is 0 Å². The number of hydrogen-bond donors (Lipinski definition) is 1. The third kappa shape index (κ3) is 3.89. The maximum Gasteiger partial charge on any atom is 0.240 e. The molecule has 3 rings (SSSR count). The predicted octanol–water partition coefficient (Wildman–Crippen LogP) is 4.77. The van der Waals surface area contributed by atoms with Gasteiger partial charge in [-0.2, -0.15) is 4.98 Å². The first kappa shape index (κ1) is 14.7. The first-order valence-electron chi connectivity index (χ1n) is 6.64. The first-order valence-corrected chi connectivity index (χ1v) is 8.22. The number of rotatable bonds is 5. The highest BCUT2D eigenvalue weighted by Gasteiger charge is 2.22. The van der Waals surface area contributed by atoms with Crippen molar-refractivity contribution in [2.24, 2.45) is 5.92 Å². The number of ether oxygens (including phenoxy) is 2. The number of benzene rings is 1. The second-order valence-electron chi connectivity index (χ2n) is 4.98. The third-order valence-corrected chi connectivity index (χ3v) is 4.24. The van der Waals surface area contributed by atoms with Crippen LogP contribution < -0.4 is 15.2 Å². The fraction of sp³-hybridized carbons (Fsp3) is 0.267. The summed E-state index contributed by atoms with van der Waals surface area (Å²) in [5, 5.41) is 0. The van der Waals surface area contributed by atoms with E-state index in [2.05, 4.69) is 36.8 Å². The molecule has 1 aromatic heterocycles. The number of pyridine rings is 1. The number of halogens is 2. The molecule has 1 aliphatic carbocycles. The molecule has 0 atom stereocenters. The highest BCUT2D eigenvalue weighted by atomic mass is 79.9. The van der Waals surface area contributed by atoms with E-state index in [1.807, 2.05) is 18.2 Å². The van der Waals surface area contributed by atoms with E-state index >= 15 is 0 Å². The Morgan fingerprint density at radius 1 is 1.19 bits per heavy atom. The number of anilines is 1. The molecule has 1 saturated carbocycles. The lowest BCUT2D eigenvalue weighted by Gasteiger charge is -2.11. The fourth-order valence-electron chi connectivity index (χ4n) is 1.76. The zero-order valence-electron chi connectivity index (χ0n) is 11.2. The summed E-state index contributed by atoms with van der Waals surface area (Å²) in [6.45, 7) is 0.669. The topological polar surface area (TPSA) is 57.4 Å². The zero-order valence-corrected chi connectivity index (χ0v) is 14.4. The maximum absolute atomic E-state index is 5.88. The van der Waals surface area contributed by atoms with Crippen molar-refractivity contribution in [2.45, 2.75) is 12.8 Å². The largest absolute Gasteiger partial charge is 0.476 e. The molecule has 110 valence electrons. The van der Waals surface area contributed by atoms with Gasteiger partial charge in [0.25, 0.3) is 0 Å². The Hall–Kier alpha value is -1.27. The molecule has 0 radical (unpaired) electrons. The van der Waals surface area contributed by atoms with Gasteiger partial charge in [0.05, 0.1) is 16.8 Å². The Morgan fingerprint density at radius 2 is 2.00 bits per heavy atom. The van der Waals surface area contributed by atoms with E-state index < -0.39 is 0 Å². The summed E-state index contributed by atoms with van der Waals surface area (Å²) in [6, 6.07) is 9.15. The first-order chi connectivity index (χ1) is 10.1. The number of nitrogens with two attached hydrogens (primary N) is 1. The van der Waals surface area contributed by atoms with Crippen molar-refractivity contribution in [3.8, 4) is 17.5 Å². The van der Waals surface area contributed by atoms with E-state index in [4.69, 9.17) is 15.2 Å². The minimum absolute atomic E-state index is 0.438. The number of nitrogens with zero attached hydrogens (tertiary/aromatic N) is 1. The normalized spacial score (nSPS) is 14.0. The van der Waals surface area contributed by atoms with Gasteiger partial charge in [0.2, 0.25) is 11.8 Å². The summed E-state index contributed by atoms with van der Waals surface area (Å²) in [6.07, 6.45) is 2.45. The molecule has 6 heteroatoms. The van der Waals surface area contributed by atoms with Crippen LogP contribution in [-0.2, 0) is 0 Å². The molecule has 0 bridgehead atoms. The predicted molar refractivity (Wildman–Crippen MR) is 88.8 cm³/mol. The van der Waals surface area contributed by atoms with Gasteiger partial charge in [-0.3, -0.25) is 0 Å². The highest BCUT2D eigenvalue weighted by Crippen LogP contribution is 2.34. The molecule has 0 aliphatic heterocycles. The van der Waals surface area contributed by atoms with Gasteiger partial charge in [-0.1, -0.05) is 15.9 Å². The molecule has 1 heterocycles. The lowest BCUT2D eigenvalue weighted by molar-refractivity contribution is 0.286. The van der Waals surface area contributed by atoms with Gasteiger partial charge in [0.15, 0.2) is 0 Å². The van der Waals surface area contributed by atoms with Crippen molar-refractivity contribution in [1.29, 1.82) is 0 Å². The Balaban J connectivity index is 1.76. The van der Waals surface area contributed by atoms with Gasteiger partial charge in [0.1, 0.15) is 5.75 Å². The standard InChI is InChI=1S/C15H14Br2N2O2/c16-10-3-5-13(11(17)7-10)21-14-6-4-12(18)15(19-14)20-8-9-1-2-9/h3-7,9H,1-2,8,18H2. The molecular weight excluding hydrogens is 400 g/mol. The fourth-order valence-corrected chi connectivity index (χ4v) is 2.89. The summed E-state index contributed by atoms with van der Waals surface area (Å²) >= 11 is 6.86. The molecule has 4 nitrogen and oxygen atoms in total. The summed E-state index contributed by atoms with van der Waals surface area (Å²) in [4.78, 5) is 4.33. The van der Waals surface area contributed by atoms with Gasteiger partial charge in [-0.05, 0) is 59.0 Å². The van der Waals surface area contributed by atoms with Crippen LogP contribution in [0.25, 0.3) is 0 Å². The van der Waals surface area contributed by atoms with Crippen LogP contribution in [0, 0.1) is 5.92 Å². The Kier molecular flexibility index (Phi) is 4.35. The van der Waals surface area contributed by atoms with Crippen LogP contribution in [0.5, 0.6) is 17.5 Å². The third-order valence-electron chi connectivity index (χ3n) is 3.13. The molecule has 1 fully saturated rings. The van der Waals surface area contributed by atoms with Crippen LogP contribution in [-0.4, -0.2) is 11.6 Å². The summed E-state index contributed by atoms with van der Waals surface area (Å²) in [7, 11) is 0. The molecular formula is C15H14Br2N2O2. The molecule has 0 spiro atoms. The van der Waals surface area contributed by atoms with Gasteiger partial charge >= 0.3 is 0 Å². The molecule has 1 aromatic carbocycles. The van der Waals surface area contributed by atoms with Crippen molar-refractivity contribution in [3.05, 3.63) is 39.3 Å². The lowest BCUT2D eigenvalue weighted by atomic mass is 10.3. The summed E-state index contributed by atoms with van der Waals surface area (Å²) < 4.78 is 13.2. The van der Waals surface area contributed by atoms with Crippen molar-refractivity contribution in [2.75, 3.05) is 12.3 Å². The van der Waals surface area contributed by atoms with Gasteiger partial charge in [0, 0.05) is 10.5 Å². The zero-order chi connectivity index (χ0) is 14.8. The average Bonchev–Trinajstić information content (AvgIpc) is 3.26. The minimum atomic E-state index is 0.438. The van der Waals surface area contributed by atoms with Crippen molar-refractivity contribution in [1.82, 2.24) is 4.98 Å². The summed E-state index contributed by atoms with van der Waals surface area (Å²) in [5.74, 6) is 2.23. The van der Waals surface area contributed by atoms with Crippen LogP contribution >= 0.6 is 31.9 Å². The molecule has 0 unspecified atom stereocenters. The van der Waals surface area contributed by atoms with E-state index in [-0.39, 0.29) is 0 Å². The number of aromatic nitrogens is 1. The second kappa shape index (κ2) is 6.23. The molecule has 2 aromatic rings. The van der Waals surface area contributed by atoms with E-state index in [1.165, 1.54) is 12.8 Å². The van der Waals surface area contributed by atoms with Crippen LogP contribution in [0.4, 0.5) is 5.69 Å². The molecule has 21 heavy (non-hydrogen) atoms. The Morgan fingerprint density at radius 3 is 2.71 bits per heavy atom. The van der Waals surface area contributed by atoms with Crippen molar-refractivity contribution >= 4 is 37.5 Å². The van der Waals surface area contributed by atoms with Gasteiger partial charge < -0.3 is 15.2 Å². The monoisotopic (exact) mass is 412 g/mol. The van der Waals surface area contributed by atoms with E-state index in [0.717, 1.165) is 8.95 Å². The second-order valence-corrected chi connectivity index (χ2v) is 6.75. The van der Waals surface area contributed by atoms with E-state index in [0.29, 0.717) is 35.7 Å². The molecule has 0 amide bonds.